The summed E-state index contributed by atoms with van der Waals surface area (Å²) in [4.78, 5) is 0. The van der Waals surface area contributed by atoms with E-state index in [1.165, 1.54) is 0 Å². The van der Waals surface area contributed by atoms with Crippen molar-refractivity contribution in [3.63, 3.8) is 0 Å². The first-order valence-corrected chi connectivity index (χ1v) is 9.47. The Bertz CT molecular complexity index is 344. The molecule has 0 amide bonds. The molecule has 1 aliphatic carbocycles. The molecule has 1 rings (SSSR count). The third-order valence-corrected chi connectivity index (χ3v) is 6.44. The lowest BCUT2D eigenvalue weighted by Gasteiger charge is -2.22. The summed E-state index contributed by atoms with van der Waals surface area (Å²) in [7, 11) is -3.21. The van der Waals surface area contributed by atoms with Crippen LogP contribution in [0.4, 0.5) is 0 Å². The first kappa shape index (κ1) is 16.3. The Balaban J connectivity index is 2.52. The van der Waals surface area contributed by atoms with Crippen LogP contribution >= 0.6 is 11.8 Å². The molecule has 3 unspecified atom stereocenters. The van der Waals surface area contributed by atoms with Crippen LogP contribution in [-0.4, -0.2) is 43.8 Å². The fourth-order valence-corrected chi connectivity index (χ4v) is 4.45. The van der Waals surface area contributed by atoms with Crippen molar-refractivity contribution in [2.45, 2.75) is 62.6 Å². The van der Waals surface area contributed by atoms with E-state index in [2.05, 4.69) is 16.3 Å². The molecule has 0 aliphatic heterocycles. The van der Waals surface area contributed by atoms with Crippen LogP contribution in [0.1, 0.15) is 40.0 Å². The molecule has 6 heteroatoms. The highest BCUT2D eigenvalue weighted by atomic mass is 32.2. The minimum Gasteiger partial charge on any atom is -0.313 e. The van der Waals surface area contributed by atoms with Crippen molar-refractivity contribution in [1.29, 1.82) is 0 Å². The molecule has 2 N–H and O–H groups in total. The normalized spacial score (nSPS) is 26.7. The van der Waals surface area contributed by atoms with Crippen LogP contribution in [0, 0.1) is 0 Å². The van der Waals surface area contributed by atoms with Crippen molar-refractivity contribution < 1.29 is 8.42 Å². The molecule has 0 aromatic rings. The summed E-state index contributed by atoms with van der Waals surface area (Å²) in [5, 5.41) is 3.23. The maximum atomic E-state index is 12.2. The molecule has 0 heterocycles. The predicted molar refractivity (Wildman–Crippen MR) is 79.6 cm³/mol. The maximum Gasteiger partial charge on any atom is 0.215 e. The van der Waals surface area contributed by atoms with Crippen molar-refractivity contribution >= 4 is 21.8 Å². The number of thioether (sulfide) groups is 1. The average Bonchev–Trinajstić information content (AvgIpc) is 2.72. The van der Waals surface area contributed by atoms with Gasteiger partial charge >= 0.3 is 0 Å². The highest BCUT2D eigenvalue weighted by Gasteiger charge is 2.32. The number of nitrogens with one attached hydrogen (secondary N) is 2. The highest BCUT2D eigenvalue weighted by molar-refractivity contribution is 7.99. The average molecular weight is 294 g/mol. The Labute approximate surface area is 116 Å². The summed E-state index contributed by atoms with van der Waals surface area (Å²) < 4.78 is 27.3. The van der Waals surface area contributed by atoms with Gasteiger partial charge in [0.05, 0.1) is 5.25 Å². The summed E-state index contributed by atoms with van der Waals surface area (Å²) in [5.41, 5.74) is 0. The van der Waals surface area contributed by atoms with Crippen molar-refractivity contribution in [3.8, 4) is 0 Å². The molecular formula is C12H26N2O2S2. The van der Waals surface area contributed by atoms with E-state index in [-0.39, 0.29) is 11.3 Å². The van der Waals surface area contributed by atoms with Crippen LogP contribution < -0.4 is 10.0 Å². The zero-order valence-electron chi connectivity index (χ0n) is 11.8. The number of rotatable bonds is 7. The molecule has 1 fully saturated rings. The van der Waals surface area contributed by atoms with Gasteiger partial charge in [0.2, 0.25) is 10.0 Å². The van der Waals surface area contributed by atoms with E-state index < -0.39 is 10.0 Å². The van der Waals surface area contributed by atoms with E-state index in [0.717, 1.165) is 19.3 Å². The zero-order valence-corrected chi connectivity index (χ0v) is 13.4. The fraction of sp³-hybridized carbons (Fsp3) is 1.00. The SMILES string of the molecule is CSC1CCCC1NS(=O)(=O)C(C)CNC(C)C. The Kier molecular flexibility index (Phi) is 6.44. The van der Waals surface area contributed by atoms with Gasteiger partial charge in [-0.3, -0.25) is 0 Å². The summed E-state index contributed by atoms with van der Waals surface area (Å²) >= 11 is 1.77. The van der Waals surface area contributed by atoms with Gasteiger partial charge in [-0.2, -0.15) is 11.8 Å². The van der Waals surface area contributed by atoms with E-state index in [0.29, 0.717) is 17.8 Å². The minimum absolute atomic E-state index is 0.117. The van der Waals surface area contributed by atoms with Gasteiger partial charge in [0.25, 0.3) is 0 Å². The van der Waals surface area contributed by atoms with Crippen molar-refractivity contribution in [2.75, 3.05) is 12.8 Å². The lowest BCUT2D eigenvalue weighted by atomic mass is 10.3. The molecule has 0 bridgehead atoms. The molecule has 108 valence electrons. The van der Waals surface area contributed by atoms with Gasteiger partial charge in [-0.25, -0.2) is 13.1 Å². The monoisotopic (exact) mass is 294 g/mol. The maximum absolute atomic E-state index is 12.2. The Morgan fingerprint density at radius 3 is 2.50 bits per heavy atom. The first-order valence-electron chi connectivity index (χ1n) is 6.64. The lowest BCUT2D eigenvalue weighted by molar-refractivity contribution is 0.525. The van der Waals surface area contributed by atoms with E-state index in [1.807, 2.05) is 13.8 Å². The summed E-state index contributed by atoms with van der Waals surface area (Å²) in [6, 6.07) is 0.430. The third-order valence-electron chi connectivity index (χ3n) is 3.41. The summed E-state index contributed by atoms with van der Waals surface area (Å²) in [6.07, 6.45) is 5.26. The minimum atomic E-state index is -3.21. The van der Waals surface area contributed by atoms with Gasteiger partial charge in [-0.1, -0.05) is 20.3 Å². The summed E-state index contributed by atoms with van der Waals surface area (Å²) in [5.74, 6) is 0. The van der Waals surface area contributed by atoms with Gasteiger partial charge in [0, 0.05) is 23.9 Å². The van der Waals surface area contributed by atoms with Crippen molar-refractivity contribution in [1.82, 2.24) is 10.0 Å². The molecule has 0 spiro atoms. The van der Waals surface area contributed by atoms with E-state index in [1.54, 1.807) is 18.7 Å². The summed E-state index contributed by atoms with van der Waals surface area (Å²) in [6.45, 7) is 6.31. The van der Waals surface area contributed by atoms with Gasteiger partial charge < -0.3 is 5.32 Å². The van der Waals surface area contributed by atoms with E-state index in [9.17, 15) is 8.42 Å². The zero-order chi connectivity index (χ0) is 13.8. The number of hydrogen-bond donors (Lipinski definition) is 2. The third kappa shape index (κ3) is 4.72. The molecule has 1 aliphatic rings. The number of sulfonamides is 1. The lowest BCUT2D eigenvalue weighted by Crippen LogP contribution is -2.46. The quantitative estimate of drug-likeness (QED) is 0.748. The van der Waals surface area contributed by atoms with Crippen LogP contribution in [0.25, 0.3) is 0 Å². The highest BCUT2D eigenvalue weighted by Crippen LogP contribution is 2.29. The van der Waals surface area contributed by atoms with Crippen molar-refractivity contribution in [3.05, 3.63) is 0 Å². The molecule has 4 nitrogen and oxygen atoms in total. The standard InChI is InChI=1S/C12H26N2O2S2/c1-9(2)13-8-10(3)18(15,16)14-11-6-5-7-12(11)17-4/h9-14H,5-8H2,1-4H3. The smallest absolute Gasteiger partial charge is 0.215 e. The largest absolute Gasteiger partial charge is 0.313 e. The van der Waals surface area contributed by atoms with Crippen LogP contribution in [0.15, 0.2) is 0 Å². The van der Waals surface area contributed by atoms with Gasteiger partial charge in [0.1, 0.15) is 0 Å². The Hall–Kier alpha value is 0.220. The Morgan fingerprint density at radius 1 is 1.28 bits per heavy atom. The second-order valence-electron chi connectivity index (χ2n) is 5.35. The van der Waals surface area contributed by atoms with Crippen molar-refractivity contribution in [2.24, 2.45) is 0 Å². The Morgan fingerprint density at radius 2 is 1.94 bits per heavy atom. The molecule has 1 saturated carbocycles. The fourth-order valence-electron chi connectivity index (χ4n) is 2.18. The van der Waals surface area contributed by atoms with Crippen LogP contribution in [0.5, 0.6) is 0 Å². The van der Waals surface area contributed by atoms with Crippen LogP contribution in [0.2, 0.25) is 0 Å². The van der Waals surface area contributed by atoms with Gasteiger partial charge in [0.15, 0.2) is 0 Å². The molecule has 18 heavy (non-hydrogen) atoms. The molecular weight excluding hydrogens is 268 g/mol. The van der Waals surface area contributed by atoms with Gasteiger partial charge in [-0.05, 0) is 26.0 Å². The topological polar surface area (TPSA) is 58.2 Å². The second kappa shape index (κ2) is 7.12. The van der Waals surface area contributed by atoms with Crippen LogP contribution in [-0.2, 0) is 10.0 Å². The molecule has 0 saturated heterocycles. The second-order valence-corrected chi connectivity index (χ2v) is 8.56. The first-order chi connectivity index (χ1) is 8.36. The van der Waals surface area contributed by atoms with E-state index in [4.69, 9.17) is 0 Å². The molecule has 0 aromatic heterocycles. The predicted octanol–water partition coefficient (Wildman–Crippen LogP) is 1.58. The van der Waals surface area contributed by atoms with Gasteiger partial charge in [-0.15, -0.1) is 0 Å². The molecule has 0 aromatic carbocycles. The van der Waals surface area contributed by atoms with E-state index >= 15 is 0 Å². The number of hydrogen-bond acceptors (Lipinski definition) is 4. The molecule has 3 atom stereocenters. The van der Waals surface area contributed by atoms with Crippen LogP contribution in [0.3, 0.4) is 0 Å². The molecule has 0 radical (unpaired) electrons.